The number of nitrogens with one attached hydrogen (secondary N) is 3. The van der Waals surface area contributed by atoms with Crippen LogP contribution in [0.1, 0.15) is 31.9 Å². The quantitative estimate of drug-likeness (QED) is 0.319. The van der Waals surface area contributed by atoms with Gasteiger partial charge in [0.05, 0.1) is 10.9 Å². The Labute approximate surface area is 194 Å². The minimum atomic E-state index is -1.26. The largest absolute Gasteiger partial charge is 0.480 e. The zero-order chi connectivity index (χ0) is 24.4. The molecule has 1 amide bonds. The maximum Gasteiger partial charge on any atom is 0.329 e. The summed E-state index contributed by atoms with van der Waals surface area (Å²) < 4.78 is 0.884. The topological polar surface area (TPSA) is 137 Å². The maximum atomic E-state index is 13.5. The van der Waals surface area contributed by atoms with Gasteiger partial charge in [-0.15, -0.1) is 0 Å². The van der Waals surface area contributed by atoms with Crippen LogP contribution in [0, 0.1) is 5.92 Å². The van der Waals surface area contributed by atoms with E-state index in [2.05, 4.69) is 15.3 Å². The SMILES string of the molecule is CCC(C)[C@H](NC(=O)[C@@H](Cc1c[nH]c2ccccc12)n1c(=O)[nH]c2ccccc2c1=O)C(=O)O. The number of amides is 1. The summed E-state index contributed by atoms with van der Waals surface area (Å²) in [5, 5.41) is 13.3. The van der Waals surface area contributed by atoms with Gasteiger partial charge in [0.15, 0.2) is 0 Å². The number of carboxylic acid groups (broad SMARTS) is 1. The second kappa shape index (κ2) is 9.38. The first-order valence-electron chi connectivity index (χ1n) is 11.1. The molecule has 176 valence electrons. The first kappa shape index (κ1) is 23.0. The number of hydrogen-bond donors (Lipinski definition) is 4. The van der Waals surface area contributed by atoms with Crippen molar-refractivity contribution in [1.82, 2.24) is 19.9 Å². The average Bonchev–Trinajstić information content (AvgIpc) is 3.24. The number of para-hydroxylation sites is 2. The minimum Gasteiger partial charge on any atom is -0.480 e. The lowest BCUT2D eigenvalue weighted by Crippen LogP contribution is -2.51. The van der Waals surface area contributed by atoms with Gasteiger partial charge in [0.25, 0.3) is 5.56 Å². The molecule has 0 radical (unpaired) electrons. The second-order valence-corrected chi connectivity index (χ2v) is 8.44. The monoisotopic (exact) mass is 462 g/mol. The summed E-state index contributed by atoms with van der Waals surface area (Å²) >= 11 is 0. The minimum absolute atomic E-state index is 0.0179. The van der Waals surface area contributed by atoms with E-state index in [-0.39, 0.29) is 17.7 Å². The molecule has 4 aromatic rings. The molecule has 4 rings (SSSR count). The van der Waals surface area contributed by atoms with Crippen LogP contribution in [-0.4, -0.2) is 37.6 Å². The van der Waals surface area contributed by atoms with Gasteiger partial charge in [-0.2, -0.15) is 0 Å². The van der Waals surface area contributed by atoms with Crippen molar-refractivity contribution in [2.24, 2.45) is 5.92 Å². The molecule has 34 heavy (non-hydrogen) atoms. The number of aliphatic carboxylic acids is 1. The van der Waals surface area contributed by atoms with Gasteiger partial charge in [0.1, 0.15) is 12.1 Å². The number of carboxylic acids is 1. The third-order valence-corrected chi connectivity index (χ3v) is 6.32. The Morgan fingerprint density at radius 1 is 1.03 bits per heavy atom. The molecule has 0 fully saturated rings. The molecular weight excluding hydrogens is 436 g/mol. The second-order valence-electron chi connectivity index (χ2n) is 8.44. The summed E-state index contributed by atoms with van der Waals surface area (Å²) in [5.41, 5.74) is 0.585. The number of carbonyl (C=O) groups excluding carboxylic acids is 1. The van der Waals surface area contributed by atoms with E-state index in [1.807, 2.05) is 31.2 Å². The van der Waals surface area contributed by atoms with Crippen molar-refractivity contribution >= 4 is 33.7 Å². The van der Waals surface area contributed by atoms with Crippen molar-refractivity contribution in [2.75, 3.05) is 0 Å². The highest BCUT2D eigenvalue weighted by atomic mass is 16.4. The van der Waals surface area contributed by atoms with Gasteiger partial charge in [-0.25, -0.2) is 14.2 Å². The van der Waals surface area contributed by atoms with Gasteiger partial charge in [0.2, 0.25) is 5.91 Å². The molecule has 0 aliphatic carbocycles. The molecule has 9 heteroatoms. The zero-order valence-electron chi connectivity index (χ0n) is 18.9. The fourth-order valence-corrected chi connectivity index (χ4v) is 4.20. The number of rotatable bonds is 8. The average molecular weight is 463 g/mol. The maximum absolute atomic E-state index is 13.5. The first-order chi connectivity index (χ1) is 16.3. The van der Waals surface area contributed by atoms with E-state index >= 15 is 0 Å². The number of fused-ring (bicyclic) bond motifs is 2. The highest BCUT2D eigenvalue weighted by molar-refractivity contribution is 5.88. The van der Waals surface area contributed by atoms with E-state index in [9.17, 15) is 24.3 Å². The predicted molar refractivity (Wildman–Crippen MR) is 129 cm³/mol. The summed E-state index contributed by atoms with van der Waals surface area (Å²) in [4.78, 5) is 57.5. The number of aromatic nitrogens is 3. The van der Waals surface area contributed by atoms with Crippen LogP contribution >= 0.6 is 0 Å². The van der Waals surface area contributed by atoms with Crippen molar-refractivity contribution < 1.29 is 14.7 Å². The van der Waals surface area contributed by atoms with E-state index in [0.29, 0.717) is 11.9 Å². The Balaban J connectivity index is 1.84. The molecule has 3 atom stereocenters. The van der Waals surface area contributed by atoms with Crippen LogP contribution in [0.3, 0.4) is 0 Å². The molecule has 4 N–H and O–H groups in total. The van der Waals surface area contributed by atoms with Gasteiger partial charge in [-0.1, -0.05) is 50.6 Å². The van der Waals surface area contributed by atoms with Gasteiger partial charge in [-0.05, 0) is 29.7 Å². The molecule has 2 aromatic heterocycles. The number of hydrogen-bond acceptors (Lipinski definition) is 4. The third kappa shape index (κ3) is 4.24. The molecule has 0 bridgehead atoms. The Morgan fingerprint density at radius 3 is 2.35 bits per heavy atom. The lowest BCUT2D eigenvalue weighted by atomic mass is 9.98. The Morgan fingerprint density at radius 2 is 1.68 bits per heavy atom. The summed E-state index contributed by atoms with van der Waals surface area (Å²) in [6.45, 7) is 3.55. The van der Waals surface area contributed by atoms with Crippen molar-refractivity contribution in [3.63, 3.8) is 0 Å². The molecule has 1 unspecified atom stereocenters. The van der Waals surface area contributed by atoms with E-state index in [4.69, 9.17) is 0 Å². The fourth-order valence-electron chi connectivity index (χ4n) is 4.20. The highest BCUT2D eigenvalue weighted by Gasteiger charge is 2.32. The van der Waals surface area contributed by atoms with Crippen LogP contribution in [0.4, 0.5) is 0 Å². The van der Waals surface area contributed by atoms with E-state index < -0.39 is 35.2 Å². The van der Waals surface area contributed by atoms with Gasteiger partial charge < -0.3 is 20.4 Å². The number of nitrogens with zero attached hydrogens (tertiary/aromatic N) is 1. The number of aromatic amines is 2. The lowest BCUT2D eigenvalue weighted by Gasteiger charge is -2.24. The fraction of sp³-hybridized carbons (Fsp3) is 0.280. The van der Waals surface area contributed by atoms with Crippen LogP contribution in [0.15, 0.2) is 64.3 Å². The predicted octanol–water partition coefficient (Wildman–Crippen LogP) is 2.57. The van der Waals surface area contributed by atoms with Gasteiger partial charge in [0, 0.05) is 23.5 Å². The van der Waals surface area contributed by atoms with Crippen LogP contribution in [0.25, 0.3) is 21.8 Å². The highest BCUT2D eigenvalue weighted by Crippen LogP contribution is 2.23. The number of H-pyrrole nitrogens is 2. The molecule has 2 aromatic carbocycles. The van der Waals surface area contributed by atoms with E-state index in [0.717, 1.165) is 21.0 Å². The first-order valence-corrected chi connectivity index (χ1v) is 11.1. The van der Waals surface area contributed by atoms with Crippen LogP contribution in [0.5, 0.6) is 0 Å². The van der Waals surface area contributed by atoms with Crippen molar-refractivity contribution in [2.45, 2.75) is 38.8 Å². The van der Waals surface area contributed by atoms with Crippen molar-refractivity contribution in [1.29, 1.82) is 0 Å². The standard InChI is InChI=1S/C25H26N4O5/c1-3-14(2)21(24(32)33)28-22(30)20(12-15-13-26-18-10-6-4-8-16(15)18)29-23(31)17-9-5-7-11-19(17)27-25(29)34/h4-11,13-14,20-21,26H,3,12H2,1-2H3,(H,27,34)(H,28,30)(H,32,33)/t14?,20-,21+/m1/s1. The molecule has 0 saturated carbocycles. The number of benzene rings is 2. The molecule has 9 nitrogen and oxygen atoms in total. The van der Waals surface area contributed by atoms with Gasteiger partial charge in [-0.3, -0.25) is 9.59 Å². The smallest absolute Gasteiger partial charge is 0.329 e. The van der Waals surface area contributed by atoms with Crippen molar-refractivity contribution in [3.8, 4) is 0 Å². The molecular formula is C25H26N4O5. The van der Waals surface area contributed by atoms with Crippen LogP contribution in [-0.2, 0) is 16.0 Å². The lowest BCUT2D eigenvalue weighted by molar-refractivity contribution is -0.143. The van der Waals surface area contributed by atoms with Crippen molar-refractivity contribution in [3.05, 3.63) is 81.1 Å². The third-order valence-electron chi connectivity index (χ3n) is 6.32. The Kier molecular flexibility index (Phi) is 6.36. The van der Waals surface area contributed by atoms with Gasteiger partial charge >= 0.3 is 11.7 Å². The molecule has 0 aliphatic rings. The number of carbonyl (C=O) groups is 2. The summed E-state index contributed by atoms with van der Waals surface area (Å²) in [7, 11) is 0. The van der Waals surface area contributed by atoms with E-state index in [1.165, 1.54) is 0 Å². The Hall–Kier alpha value is -4.14. The van der Waals surface area contributed by atoms with Crippen LogP contribution in [0.2, 0.25) is 0 Å². The Bertz CT molecular complexity index is 1480. The van der Waals surface area contributed by atoms with E-state index in [1.54, 1.807) is 37.4 Å². The zero-order valence-corrected chi connectivity index (χ0v) is 18.9. The molecule has 0 spiro atoms. The summed E-state index contributed by atoms with van der Waals surface area (Å²) in [6.07, 6.45) is 2.28. The summed E-state index contributed by atoms with van der Waals surface area (Å²) in [5.74, 6) is -2.23. The normalized spacial score (nSPS) is 14.1. The molecule has 0 aliphatic heterocycles. The molecule has 0 saturated heterocycles. The summed E-state index contributed by atoms with van der Waals surface area (Å²) in [6, 6.07) is 11.6. The van der Waals surface area contributed by atoms with Crippen LogP contribution < -0.4 is 16.6 Å². The molecule has 2 heterocycles.